The molecule has 2 rings (SSSR count). The zero-order valence-electron chi connectivity index (χ0n) is 12.3. The first-order valence-corrected chi connectivity index (χ1v) is 7.51. The average molecular weight is 303 g/mol. The van der Waals surface area contributed by atoms with Crippen molar-refractivity contribution in [2.24, 2.45) is 23.7 Å². The number of alkyl halides is 2. The summed E-state index contributed by atoms with van der Waals surface area (Å²) in [6.07, 6.45) is 1.48. The van der Waals surface area contributed by atoms with E-state index in [9.17, 15) is 23.5 Å². The summed E-state index contributed by atoms with van der Waals surface area (Å²) in [5.74, 6) is -7.19. The highest BCUT2D eigenvalue weighted by Gasteiger charge is 2.48. The number of halogens is 2. The van der Waals surface area contributed by atoms with Crippen LogP contribution in [0.25, 0.3) is 0 Å². The van der Waals surface area contributed by atoms with Gasteiger partial charge >= 0.3 is 11.9 Å². The van der Waals surface area contributed by atoms with Crippen LogP contribution in [-0.2, 0) is 14.3 Å². The highest BCUT2D eigenvalue weighted by molar-refractivity contribution is 5.77. The van der Waals surface area contributed by atoms with Crippen molar-refractivity contribution in [2.75, 3.05) is 0 Å². The number of ether oxygens (including phenoxy) is 1. The van der Waals surface area contributed by atoms with E-state index in [1.54, 1.807) is 13.8 Å². The van der Waals surface area contributed by atoms with Crippen LogP contribution in [0.2, 0.25) is 0 Å². The molecule has 2 aliphatic rings. The lowest BCUT2D eigenvalue weighted by molar-refractivity contribution is -0.336. The van der Waals surface area contributed by atoms with Crippen LogP contribution in [0.5, 0.6) is 0 Å². The molecular formula is C15H21F2O4-. The van der Waals surface area contributed by atoms with E-state index < -0.39 is 24.0 Å². The predicted molar refractivity (Wildman–Crippen MR) is 68.2 cm³/mol. The summed E-state index contributed by atoms with van der Waals surface area (Å²) in [6.45, 7) is 3.34. The molecule has 0 saturated heterocycles. The second-order valence-electron chi connectivity index (χ2n) is 6.75. The van der Waals surface area contributed by atoms with E-state index in [2.05, 4.69) is 0 Å². The van der Waals surface area contributed by atoms with E-state index in [0.717, 1.165) is 19.3 Å². The Hall–Kier alpha value is -1.20. The standard InChI is InChI=1S/C15H22F2O4/c1-8(2)5-12(15(16,17)14(19)20)21-13(18)11-7-9-3-4-10(11)6-9/h8-12H,3-7H2,1-2H3,(H,19,20)/p-1. The van der Waals surface area contributed by atoms with Gasteiger partial charge in [0.15, 0.2) is 6.10 Å². The van der Waals surface area contributed by atoms with E-state index in [0.29, 0.717) is 12.3 Å². The fourth-order valence-corrected chi connectivity index (χ4v) is 3.59. The lowest BCUT2D eigenvalue weighted by atomic mass is 9.89. The summed E-state index contributed by atoms with van der Waals surface area (Å²) in [4.78, 5) is 22.7. The quantitative estimate of drug-likeness (QED) is 0.701. The van der Waals surface area contributed by atoms with Crippen LogP contribution < -0.4 is 5.11 Å². The molecule has 6 heteroatoms. The molecule has 0 aromatic carbocycles. The van der Waals surface area contributed by atoms with Gasteiger partial charge in [-0.3, -0.25) is 4.79 Å². The van der Waals surface area contributed by atoms with E-state index in [1.807, 2.05) is 0 Å². The Bertz CT molecular complexity index is 422. The molecule has 21 heavy (non-hydrogen) atoms. The number of rotatable bonds is 6. The number of hydrogen-bond acceptors (Lipinski definition) is 4. The molecule has 4 unspecified atom stereocenters. The van der Waals surface area contributed by atoms with Crippen molar-refractivity contribution in [1.29, 1.82) is 0 Å². The largest absolute Gasteiger partial charge is 0.544 e. The first-order valence-electron chi connectivity index (χ1n) is 7.51. The lowest BCUT2D eigenvalue weighted by Gasteiger charge is -2.30. The molecule has 4 atom stereocenters. The lowest BCUT2D eigenvalue weighted by Crippen LogP contribution is -2.52. The number of carboxylic acid groups (broad SMARTS) is 1. The molecule has 120 valence electrons. The molecule has 0 N–H and O–H groups in total. The van der Waals surface area contributed by atoms with Gasteiger partial charge in [0.2, 0.25) is 0 Å². The van der Waals surface area contributed by atoms with Crippen molar-refractivity contribution in [3.05, 3.63) is 0 Å². The zero-order valence-corrected chi connectivity index (χ0v) is 12.3. The molecule has 2 aliphatic carbocycles. The van der Waals surface area contributed by atoms with E-state index in [-0.39, 0.29) is 24.2 Å². The summed E-state index contributed by atoms with van der Waals surface area (Å²) < 4.78 is 32.2. The third-order valence-corrected chi connectivity index (χ3v) is 4.66. The Morgan fingerprint density at radius 3 is 2.38 bits per heavy atom. The summed E-state index contributed by atoms with van der Waals surface area (Å²) in [5, 5.41) is 10.6. The second kappa shape index (κ2) is 5.89. The first-order chi connectivity index (χ1) is 9.71. The van der Waals surface area contributed by atoms with Crippen LogP contribution in [0, 0.1) is 23.7 Å². The molecule has 0 aliphatic heterocycles. The van der Waals surface area contributed by atoms with Gasteiger partial charge in [0.1, 0.15) is 5.97 Å². The molecular weight excluding hydrogens is 282 g/mol. The highest BCUT2D eigenvalue weighted by Crippen LogP contribution is 2.49. The minimum Gasteiger partial charge on any atom is -0.544 e. The molecule has 0 aromatic rings. The van der Waals surface area contributed by atoms with Crippen molar-refractivity contribution in [2.45, 2.75) is 58.0 Å². The number of fused-ring (bicyclic) bond motifs is 2. The summed E-state index contributed by atoms with van der Waals surface area (Å²) in [6, 6.07) is 0. The number of carbonyl (C=O) groups is 2. The molecule has 2 saturated carbocycles. The minimum atomic E-state index is -4.16. The van der Waals surface area contributed by atoms with Crippen LogP contribution in [0.1, 0.15) is 46.0 Å². The molecule has 0 aromatic heterocycles. The van der Waals surface area contributed by atoms with E-state index in [1.165, 1.54) is 0 Å². The maximum absolute atomic E-state index is 13.7. The van der Waals surface area contributed by atoms with Crippen LogP contribution in [0.4, 0.5) is 8.78 Å². The van der Waals surface area contributed by atoms with Crippen LogP contribution >= 0.6 is 0 Å². The monoisotopic (exact) mass is 303 g/mol. The van der Waals surface area contributed by atoms with Crippen molar-refractivity contribution < 1.29 is 28.2 Å². The molecule has 0 spiro atoms. The summed E-state index contributed by atoms with van der Waals surface area (Å²) in [7, 11) is 0. The maximum atomic E-state index is 13.7. The fourth-order valence-electron chi connectivity index (χ4n) is 3.59. The molecule has 0 heterocycles. The van der Waals surface area contributed by atoms with Gasteiger partial charge in [0, 0.05) is 0 Å². The summed E-state index contributed by atoms with van der Waals surface area (Å²) >= 11 is 0. The van der Waals surface area contributed by atoms with Gasteiger partial charge in [0.25, 0.3) is 0 Å². The maximum Gasteiger partial charge on any atom is 0.323 e. The third-order valence-electron chi connectivity index (χ3n) is 4.66. The van der Waals surface area contributed by atoms with Gasteiger partial charge in [0.05, 0.1) is 5.92 Å². The number of carboxylic acids is 1. The normalized spacial score (nSPS) is 29.7. The SMILES string of the molecule is CC(C)CC(OC(=O)C1CC2CCC1C2)C(F)(F)C(=O)[O-]. The smallest absolute Gasteiger partial charge is 0.323 e. The Morgan fingerprint density at radius 2 is 1.95 bits per heavy atom. The fraction of sp³-hybridized carbons (Fsp3) is 0.867. The molecule has 2 fully saturated rings. The third kappa shape index (κ3) is 3.35. The van der Waals surface area contributed by atoms with Crippen molar-refractivity contribution in [3.8, 4) is 0 Å². The van der Waals surface area contributed by atoms with Gasteiger partial charge in [-0.15, -0.1) is 0 Å². The second-order valence-corrected chi connectivity index (χ2v) is 6.75. The highest BCUT2D eigenvalue weighted by atomic mass is 19.3. The van der Waals surface area contributed by atoms with Gasteiger partial charge in [-0.2, -0.15) is 8.78 Å². The van der Waals surface area contributed by atoms with E-state index >= 15 is 0 Å². The van der Waals surface area contributed by atoms with Crippen LogP contribution in [0.15, 0.2) is 0 Å². The van der Waals surface area contributed by atoms with Crippen molar-refractivity contribution in [1.82, 2.24) is 0 Å². The van der Waals surface area contributed by atoms with Gasteiger partial charge in [-0.25, -0.2) is 0 Å². The molecule has 4 nitrogen and oxygen atoms in total. The Balaban J connectivity index is 2.04. The zero-order chi connectivity index (χ0) is 15.8. The van der Waals surface area contributed by atoms with Crippen LogP contribution in [-0.4, -0.2) is 24.0 Å². The van der Waals surface area contributed by atoms with Crippen molar-refractivity contribution in [3.63, 3.8) is 0 Å². The topological polar surface area (TPSA) is 66.4 Å². The number of esters is 1. The Morgan fingerprint density at radius 1 is 1.29 bits per heavy atom. The Labute approximate surface area is 122 Å². The van der Waals surface area contributed by atoms with Gasteiger partial charge in [-0.05, 0) is 43.4 Å². The van der Waals surface area contributed by atoms with E-state index in [4.69, 9.17) is 4.74 Å². The number of hydrogen-bond donors (Lipinski definition) is 0. The minimum absolute atomic E-state index is 0.201. The van der Waals surface area contributed by atoms with Crippen LogP contribution in [0.3, 0.4) is 0 Å². The number of carbonyl (C=O) groups excluding carboxylic acids is 2. The molecule has 2 bridgehead atoms. The average Bonchev–Trinajstić information content (AvgIpc) is 2.99. The van der Waals surface area contributed by atoms with Gasteiger partial charge in [-0.1, -0.05) is 20.3 Å². The molecule has 0 amide bonds. The number of aliphatic carboxylic acids is 1. The summed E-state index contributed by atoms with van der Waals surface area (Å²) in [5.41, 5.74) is 0. The first kappa shape index (κ1) is 16.2. The van der Waals surface area contributed by atoms with Crippen molar-refractivity contribution >= 4 is 11.9 Å². The molecule has 0 radical (unpaired) electrons. The predicted octanol–water partition coefficient (Wildman–Crippen LogP) is 1.77. The van der Waals surface area contributed by atoms with Gasteiger partial charge < -0.3 is 14.6 Å². The Kier molecular flexibility index (Phi) is 4.54.